The van der Waals surface area contributed by atoms with Crippen molar-refractivity contribution in [1.82, 2.24) is 0 Å². The van der Waals surface area contributed by atoms with E-state index in [1.807, 2.05) is 32.9 Å². The molecule has 0 unspecified atom stereocenters. The molecular formula is C14H19NO3. The van der Waals surface area contributed by atoms with E-state index in [-0.39, 0.29) is 5.97 Å². The second-order valence-electron chi connectivity index (χ2n) is 5.31. The Balaban J connectivity index is 2.31. The summed E-state index contributed by atoms with van der Waals surface area (Å²) in [7, 11) is 0. The molecule has 18 heavy (non-hydrogen) atoms. The summed E-state index contributed by atoms with van der Waals surface area (Å²) in [6.45, 7) is 7.43. The third kappa shape index (κ3) is 3.01. The molecular weight excluding hydrogens is 230 g/mol. The van der Waals surface area contributed by atoms with Gasteiger partial charge >= 0.3 is 5.97 Å². The molecule has 1 heterocycles. The van der Waals surface area contributed by atoms with Gasteiger partial charge in [-0.1, -0.05) is 6.07 Å². The number of benzene rings is 1. The van der Waals surface area contributed by atoms with Gasteiger partial charge in [0.15, 0.2) is 0 Å². The maximum Gasteiger partial charge on any atom is 0.339 e. The van der Waals surface area contributed by atoms with E-state index in [1.54, 1.807) is 6.07 Å². The Hall–Kier alpha value is -1.55. The minimum atomic E-state index is -0.487. The molecule has 1 aliphatic rings. The topological polar surface area (TPSA) is 47.6 Å². The maximum absolute atomic E-state index is 12.1. The molecule has 0 saturated carbocycles. The molecule has 0 saturated heterocycles. The number of rotatable bonds is 1. The Morgan fingerprint density at radius 3 is 2.89 bits per heavy atom. The Bertz CT molecular complexity index is 449. The van der Waals surface area contributed by atoms with Gasteiger partial charge in [0.05, 0.1) is 18.8 Å². The number of anilines is 1. The number of carbonyl (C=O) groups is 1. The molecule has 1 aromatic rings. The van der Waals surface area contributed by atoms with E-state index >= 15 is 0 Å². The Kier molecular flexibility index (Phi) is 3.57. The molecule has 0 bridgehead atoms. The van der Waals surface area contributed by atoms with Crippen LogP contribution in [0.3, 0.4) is 0 Å². The Morgan fingerprint density at radius 2 is 2.17 bits per heavy atom. The minimum Gasteiger partial charge on any atom is -0.456 e. The summed E-state index contributed by atoms with van der Waals surface area (Å²) in [5, 5.41) is 3.25. The lowest BCUT2D eigenvalue weighted by Crippen LogP contribution is -2.24. The quantitative estimate of drug-likeness (QED) is 0.777. The smallest absolute Gasteiger partial charge is 0.339 e. The largest absolute Gasteiger partial charge is 0.456 e. The molecule has 2 rings (SSSR count). The summed E-state index contributed by atoms with van der Waals surface area (Å²) in [4.78, 5) is 12.1. The number of carbonyl (C=O) groups excluding carboxylic acids is 1. The van der Waals surface area contributed by atoms with E-state index in [0.29, 0.717) is 18.8 Å². The summed E-state index contributed by atoms with van der Waals surface area (Å²) in [6, 6.07) is 5.59. The van der Waals surface area contributed by atoms with E-state index in [9.17, 15) is 4.79 Å². The van der Waals surface area contributed by atoms with Crippen LogP contribution in [0.1, 0.15) is 36.7 Å². The second kappa shape index (κ2) is 4.98. The standard InChI is InChI=1S/C14H19NO3/c1-14(2,3)18-13(16)10-5-4-6-12-11(10)9-17-8-7-15-12/h4-6,15H,7-9H2,1-3H3. The van der Waals surface area contributed by atoms with E-state index in [1.165, 1.54) is 0 Å². The van der Waals surface area contributed by atoms with E-state index in [0.717, 1.165) is 17.8 Å². The van der Waals surface area contributed by atoms with Crippen molar-refractivity contribution in [2.45, 2.75) is 33.0 Å². The normalized spacial score (nSPS) is 15.3. The monoisotopic (exact) mass is 249 g/mol. The van der Waals surface area contributed by atoms with Crippen molar-refractivity contribution >= 4 is 11.7 Å². The summed E-state index contributed by atoms with van der Waals surface area (Å²) >= 11 is 0. The van der Waals surface area contributed by atoms with Crippen molar-refractivity contribution in [3.63, 3.8) is 0 Å². The molecule has 1 aliphatic heterocycles. The molecule has 1 N–H and O–H groups in total. The molecule has 0 spiro atoms. The molecule has 98 valence electrons. The third-order valence-electron chi connectivity index (χ3n) is 2.60. The predicted octanol–water partition coefficient (Wildman–Crippen LogP) is 2.58. The zero-order chi connectivity index (χ0) is 13.2. The molecule has 0 radical (unpaired) electrons. The van der Waals surface area contributed by atoms with Gasteiger partial charge < -0.3 is 14.8 Å². The van der Waals surface area contributed by atoms with Gasteiger partial charge in [-0.2, -0.15) is 0 Å². The lowest BCUT2D eigenvalue weighted by atomic mass is 10.1. The average Bonchev–Trinajstić information content (AvgIpc) is 2.50. The molecule has 0 aliphatic carbocycles. The highest BCUT2D eigenvalue weighted by Gasteiger charge is 2.22. The summed E-state index contributed by atoms with van der Waals surface area (Å²) in [5.41, 5.74) is 1.93. The van der Waals surface area contributed by atoms with E-state index in [4.69, 9.17) is 9.47 Å². The Labute approximate surface area is 107 Å². The van der Waals surface area contributed by atoms with Gasteiger partial charge in [-0.3, -0.25) is 0 Å². The van der Waals surface area contributed by atoms with Gasteiger partial charge in [0.1, 0.15) is 5.60 Å². The first kappa shape index (κ1) is 12.9. The van der Waals surface area contributed by atoms with Crippen molar-refractivity contribution in [2.75, 3.05) is 18.5 Å². The Morgan fingerprint density at radius 1 is 1.39 bits per heavy atom. The minimum absolute atomic E-state index is 0.299. The fraction of sp³-hybridized carbons (Fsp3) is 0.500. The van der Waals surface area contributed by atoms with Crippen molar-refractivity contribution in [1.29, 1.82) is 0 Å². The van der Waals surface area contributed by atoms with Gasteiger partial charge in [0, 0.05) is 17.8 Å². The number of hydrogen-bond donors (Lipinski definition) is 1. The number of esters is 1. The van der Waals surface area contributed by atoms with Crippen molar-refractivity contribution in [3.05, 3.63) is 29.3 Å². The SMILES string of the molecule is CC(C)(C)OC(=O)c1cccc2c1COCCN2. The van der Waals surface area contributed by atoms with Gasteiger partial charge in [0.25, 0.3) is 0 Å². The van der Waals surface area contributed by atoms with Gasteiger partial charge in [0.2, 0.25) is 0 Å². The zero-order valence-electron chi connectivity index (χ0n) is 11.1. The van der Waals surface area contributed by atoms with Crippen LogP contribution >= 0.6 is 0 Å². The van der Waals surface area contributed by atoms with Crippen LogP contribution in [0.25, 0.3) is 0 Å². The van der Waals surface area contributed by atoms with Crippen molar-refractivity contribution in [2.24, 2.45) is 0 Å². The second-order valence-corrected chi connectivity index (χ2v) is 5.31. The van der Waals surface area contributed by atoms with Crippen LogP contribution in [-0.4, -0.2) is 24.7 Å². The predicted molar refractivity (Wildman–Crippen MR) is 69.8 cm³/mol. The first-order valence-corrected chi connectivity index (χ1v) is 6.14. The summed E-state index contributed by atoms with van der Waals surface area (Å²) in [5.74, 6) is -0.299. The lowest BCUT2D eigenvalue weighted by molar-refractivity contribution is 0.00653. The van der Waals surface area contributed by atoms with E-state index < -0.39 is 5.60 Å². The summed E-state index contributed by atoms with van der Waals surface area (Å²) in [6.07, 6.45) is 0. The highest BCUT2D eigenvalue weighted by Crippen LogP contribution is 2.24. The van der Waals surface area contributed by atoms with E-state index in [2.05, 4.69) is 5.32 Å². The molecule has 4 nitrogen and oxygen atoms in total. The van der Waals surface area contributed by atoms with Gasteiger partial charge in [-0.15, -0.1) is 0 Å². The molecule has 0 atom stereocenters. The van der Waals surface area contributed by atoms with Crippen LogP contribution in [-0.2, 0) is 16.1 Å². The fourth-order valence-electron chi connectivity index (χ4n) is 1.86. The molecule has 4 heteroatoms. The fourth-order valence-corrected chi connectivity index (χ4v) is 1.86. The first-order chi connectivity index (χ1) is 8.47. The lowest BCUT2D eigenvalue weighted by Gasteiger charge is -2.21. The highest BCUT2D eigenvalue weighted by molar-refractivity contribution is 5.93. The highest BCUT2D eigenvalue weighted by atomic mass is 16.6. The van der Waals surface area contributed by atoms with Crippen LogP contribution in [0.15, 0.2) is 18.2 Å². The van der Waals surface area contributed by atoms with Gasteiger partial charge in [-0.05, 0) is 32.9 Å². The number of ether oxygens (including phenoxy) is 2. The number of nitrogens with one attached hydrogen (secondary N) is 1. The van der Waals surface area contributed by atoms with Crippen molar-refractivity contribution in [3.8, 4) is 0 Å². The maximum atomic E-state index is 12.1. The third-order valence-corrected chi connectivity index (χ3v) is 2.60. The van der Waals surface area contributed by atoms with Crippen LogP contribution < -0.4 is 5.32 Å². The van der Waals surface area contributed by atoms with Crippen LogP contribution in [0.2, 0.25) is 0 Å². The van der Waals surface area contributed by atoms with Crippen LogP contribution in [0, 0.1) is 0 Å². The first-order valence-electron chi connectivity index (χ1n) is 6.14. The zero-order valence-corrected chi connectivity index (χ0v) is 11.1. The molecule has 0 amide bonds. The molecule has 0 fully saturated rings. The molecule has 1 aromatic carbocycles. The van der Waals surface area contributed by atoms with Crippen LogP contribution in [0.5, 0.6) is 0 Å². The van der Waals surface area contributed by atoms with Crippen LogP contribution in [0.4, 0.5) is 5.69 Å². The number of hydrogen-bond acceptors (Lipinski definition) is 4. The average molecular weight is 249 g/mol. The molecule has 0 aromatic heterocycles. The summed E-state index contributed by atoms with van der Waals surface area (Å²) < 4.78 is 10.9. The number of fused-ring (bicyclic) bond motifs is 1. The van der Waals surface area contributed by atoms with Crippen molar-refractivity contribution < 1.29 is 14.3 Å². The van der Waals surface area contributed by atoms with Gasteiger partial charge in [-0.25, -0.2) is 4.79 Å².